The summed E-state index contributed by atoms with van der Waals surface area (Å²) in [7, 11) is 0. The first-order valence-electron chi connectivity index (χ1n) is 6.89. The van der Waals surface area contributed by atoms with Crippen molar-refractivity contribution in [3.05, 3.63) is 70.8 Å². The average molecular weight is 300 g/mol. The molecule has 3 heteroatoms. The van der Waals surface area contributed by atoms with Crippen molar-refractivity contribution in [1.29, 1.82) is 0 Å². The monoisotopic (exact) mass is 299 g/mol. The zero-order valence-corrected chi connectivity index (χ0v) is 12.9. The lowest BCUT2D eigenvalue weighted by Gasteiger charge is -2.05. The summed E-state index contributed by atoms with van der Waals surface area (Å²) >= 11 is 5.80. The predicted octanol–water partition coefficient (Wildman–Crippen LogP) is 5.12. The molecule has 0 aliphatic rings. The molecule has 1 amide bonds. The molecule has 0 saturated heterocycles. The standard InChI is InChI=1S/C18H18ClNO/c1-13(2)15-6-3-14(4-7-15)5-12-18(21)20-17-10-8-16(19)9-11-17/h3-13H,1-2H3,(H,20,21). The van der Waals surface area contributed by atoms with Gasteiger partial charge in [-0.1, -0.05) is 49.7 Å². The molecule has 0 aliphatic carbocycles. The minimum atomic E-state index is -0.162. The van der Waals surface area contributed by atoms with Gasteiger partial charge >= 0.3 is 0 Å². The fourth-order valence-corrected chi connectivity index (χ4v) is 2.01. The van der Waals surface area contributed by atoms with E-state index in [1.54, 1.807) is 30.3 Å². The molecule has 0 spiro atoms. The second-order valence-electron chi connectivity index (χ2n) is 5.15. The van der Waals surface area contributed by atoms with E-state index in [0.29, 0.717) is 10.9 Å². The van der Waals surface area contributed by atoms with Crippen LogP contribution in [0.3, 0.4) is 0 Å². The quantitative estimate of drug-likeness (QED) is 0.780. The summed E-state index contributed by atoms with van der Waals surface area (Å²) in [6, 6.07) is 15.2. The van der Waals surface area contributed by atoms with Crippen LogP contribution in [0.5, 0.6) is 0 Å². The van der Waals surface area contributed by atoms with Crippen LogP contribution in [0.25, 0.3) is 6.08 Å². The van der Waals surface area contributed by atoms with Crippen molar-refractivity contribution in [3.63, 3.8) is 0 Å². The second-order valence-corrected chi connectivity index (χ2v) is 5.59. The highest BCUT2D eigenvalue weighted by atomic mass is 35.5. The van der Waals surface area contributed by atoms with E-state index in [1.165, 1.54) is 11.6 Å². The SMILES string of the molecule is CC(C)c1ccc(C=CC(=O)Nc2ccc(Cl)cc2)cc1. The molecule has 2 nitrogen and oxygen atoms in total. The first-order chi connectivity index (χ1) is 10.0. The summed E-state index contributed by atoms with van der Waals surface area (Å²) in [5.41, 5.74) is 3.02. The highest BCUT2D eigenvalue weighted by Crippen LogP contribution is 2.16. The maximum Gasteiger partial charge on any atom is 0.248 e. The van der Waals surface area contributed by atoms with Crippen molar-refractivity contribution in [2.45, 2.75) is 19.8 Å². The van der Waals surface area contributed by atoms with Crippen LogP contribution in [-0.2, 0) is 4.79 Å². The van der Waals surface area contributed by atoms with Gasteiger partial charge in [-0.15, -0.1) is 0 Å². The molecule has 0 unspecified atom stereocenters. The Morgan fingerprint density at radius 3 is 2.24 bits per heavy atom. The Labute approximate surface area is 130 Å². The van der Waals surface area contributed by atoms with E-state index in [1.807, 2.05) is 12.1 Å². The second kappa shape index (κ2) is 7.09. The molecule has 0 aliphatic heterocycles. The van der Waals surface area contributed by atoms with Gasteiger partial charge in [0, 0.05) is 16.8 Å². The van der Waals surface area contributed by atoms with Crippen molar-refractivity contribution in [3.8, 4) is 0 Å². The lowest BCUT2D eigenvalue weighted by molar-refractivity contribution is -0.111. The summed E-state index contributed by atoms with van der Waals surface area (Å²) < 4.78 is 0. The fourth-order valence-electron chi connectivity index (χ4n) is 1.88. The van der Waals surface area contributed by atoms with Crippen molar-refractivity contribution in [1.82, 2.24) is 0 Å². The number of carbonyl (C=O) groups excluding carboxylic acids is 1. The maximum atomic E-state index is 11.8. The van der Waals surface area contributed by atoms with Crippen LogP contribution in [0.1, 0.15) is 30.9 Å². The number of hydrogen-bond donors (Lipinski definition) is 1. The van der Waals surface area contributed by atoms with Crippen LogP contribution in [-0.4, -0.2) is 5.91 Å². The van der Waals surface area contributed by atoms with Gasteiger partial charge in [-0.3, -0.25) is 4.79 Å². The molecule has 0 fully saturated rings. The van der Waals surface area contributed by atoms with Crippen LogP contribution < -0.4 is 5.32 Å². The molecule has 2 aromatic rings. The Balaban J connectivity index is 1.96. The number of rotatable bonds is 4. The average Bonchev–Trinajstić information content (AvgIpc) is 2.48. The van der Waals surface area contributed by atoms with E-state index in [9.17, 15) is 4.79 Å². The van der Waals surface area contributed by atoms with Gasteiger partial charge < -0.3 is 5.32 Å². The number of carbonyl (C=O) groups is 1. The van der Waals surface area contributed by atoms with Gasteiger partial charge in [0.2, 0.25) is 5.91 Å². The van der Waals surface area contributed by atoms with E-state index in [0.717, 1.165) is 11.3 Å². The normalized spacial score (nSPS) is 11.0. The van der Waals surface area contributed by atoms with Gasteiger partial charge in [0.1, 0.15) is 0 Å². The topological polar surface area (TPSA) is 29.1 Å². The Hall–Kier alpha value is -2.06. The van der Waals surface area contributed by atoms with Crippen molar-refractivity contribution in [2.75, 3.05) is 5.32 Å². The first kappa shape index (κ1) is 15.3. The first-order valence-corrected chi connectivity index (χ1v) is 7.27. The predicted molar refractivity (Wildman–Crippen MR) is 89.6 cm³/mol. The Kier molecular flexibility index (Phi) is 5.18. The smallest absolute Gasteiger partial charge is 0.248 e. The number of amides is 1. The Morgan fingerprint density at radius 2 is 1.67 bits per heavy atom. The lowest BCUT2D eigenvalue weighted by atomic mass is 10.0. The van der Waals surface area contributed by atoms with E-state index >= 15 is 0 Å². The minimum Gasteiger partial charge on any atom is -0.323 e. The fraction of sp³-hybridized carbons (Fsp3) is 0.167. The molecular formula is C18H18ClNO. The van der Waals surface area contributed by atoms with E-state index < -0.39 is 0 Å². The highest BCUT2D eigenvalue weighted by molar-refractivity contribution is 6.30. The molecule has 0 atom stereocenters. The largest absolute Gasteiger partial charge is 0.323 e. The van der Waals surface area contributed by atoms with E-state index in [-0.39, 0.29) is 5.91 Å². The molecule has 21 heavy (non-hydrogen) atoms. The molecule has 108 valence electrons. The van der Waals surface area contributed by atoms with Crippen LogP contribution in [0.2, 0.25) is 5.02 Å². The molecule has 2 aromatic carbocycles. The summed E-state index contributed by atoms with van der Waals surface area (Å²) in [6.07, 6.45) is 3.33. The number of halogens is 1. The van der Waals surface area contributed by atoms with Crippen molar-refractivity contribution in [2.24, 2.45) is 0 Å². The number of nitrogens with one attached hydrogen (secondary N) is 1. The van der Waals surface area contributed by atoms with Gasteiger partial charge in [0.05, 0.1) is 0 Å². The van der Waals surface area contributed by atoms with Gasteiger partial charge in [-0.25, -0.2) is 0 Å². The molecule has 0 heterocycles. The molecular weight excluding hydrogens is 282 g/mol. The van der Waals surface area contributed by atoms with Crippen molar-refractivity contribution >= 4 is 29.3 Å². The summed E-state index contributed by atoms with van der Waals surface area (Å²) in [4.78, 5) is 11.8. The molecule has 0 saturated carbocycles. The minimum absolute atomic E-state index is 0.162. The summed E-state index contributed by atoms with van der Waals surface area (Å²) in [6.45, 7) is 4.31. The zero-order chi connectivity index (χ0) is 15.2. The molecule has 0 aromatic heterocycles. The number of benzene rings is 2. The molecule has 0 bridgehead atoms. The third kappa shape index (κ3) is 4.76. The summed E-state index contributed by atoms with van der Waals surface area (Å²) in [5, 5.41) is 3.43. The third-order valence-corrected chi connectivity index (χ3v) is 3.39. The van der Waals surface area contributed by atoms with Gasteiger partial charge in [0.25, 0.3) is 0 Å². The van der Waals surface area contributed by atoms with Crippen LogP contribution in [0.4, 0.5) is 5.69 Å². The molecule has 1 N–H and O–H groups in total. The Bertz CT molecular complexity index is 627. The molecule has 2 rings (SSSR count). The van der Waals surface area contributed by atoms with Gasteiger partial charge in [-0.2, -0.15) is 0 Å². The van der Waals surface area contributed by atoms with E-state index in [4.69, 9.17) is 11.6 Å². The summed E-state index contributed by atoms with van der Waals surface area (Å²) in [5.74, 6) is 0.349. The highest BCUT2D eigenvalue weighted by Gasteiger charge is 1.99. The van der Waals surface area contributed by atoms with Crippen LogP contribution >= 0.6 is 11.6 Å². The van der Waals surface area contributed by atoms with Gasteiger partial charge in [0.15, 0.2) is 0 Å². The Morgan fingerprint density at radius 1 is 1.05 bits per heavy atom. The maximum absolute atomic E-state index is 11.8. The molecule has 0 radical (unpaired) electrons. The zero-order valence-electron chi connectivity index (χ0n) is 12.1. The number of anilines is 1. The van der Waals surface area contributed by atoms with Gasteiger partial charge in [-0.05, 0) is 47.4 Å². The van der Waals surface area contributed by atoms with Crippen LogP contribution in [0, 0.1) is 0 Å². The third-order valence-electron chi connectivity index (χ3n) is 3.14. The number of hydrogen-bond acceptors (Lipinski definition) is 1. The van der Waals surface area contributed by atoms with E-state index in [2.05, 4.69) is 31.3 Å². The van der Waals surface area contributed by atoms with Crippen LogP contribution in [0.15, 0.2) is 54.6 Å². The lowest BCUT2D eigenvalue weighted by Crippen LogP contribution is -2.07. The van der Waals surface area contributed by atoms with Crippen molar-refractivity contribution < 1.29 is 4.79 Å².